The van der Waals surface area contributed by atoms with Crippen molar-refractivity contribution in [2.75, 3.05) is 0 Å². The molecule has 0 aliphatic carbocycles. The van der Waals surface area contributed by atoms with Crippen LogP contribution in [-0.4, -0.2) is 0 Å². The van der Waals surface area contributed by atoms with E-state index in [1.165, 1.54) is 59.8 Å². The van der Waals surface area contributed by atoms with Gasteiger partial charge in [0.05, 0.1) is 11.6 Å². The van der Waals surface area contributed by atoms with E-state index in [2.05, 4.69) is 140 Å². The van der Waals surface area contributed by atoms with Crippen LogP contribution in [-0.2, 0) is 0 Å². The fourth-order valence-corrected chi connectivity index (χ4v) is 6.33. The van der Waals surface area contributed by atoms with Crippen molar-refractivity contribution in [3.8, 4) is 39.4 Å². The van der Waals surface area contributed by atoms with Gasteiger partial charge in [0.25, 0.3) is 0 Å². The smallest absolute Gasteiger partial charge is 0.0991 e. The molecule has 194 valence electrons. The molecule has 8 aromatic carbocycles. The molecule has 0 N–H and O–H groups in total. The molecule has 1 nitrogen and oxygen atoms in total. The van der Waals surface area contributed by atoms with Gasteiger partial charge in [-0.2, -0.15) is 5.26 Å². The second kappa shape index (κ2) is 9.73. The highest BCUT2D eigenvalue weighted by molar-refractivity contribution is 6.18. The van der Waals surface area contributed by atoms with E-state index < -0.39 is 0 Å². The van der Waals surface area contributed by atoms with Crippen LogP contribution in [0.4, 0.5) is 0 Å². The van der Waals surface area contributed by atoms with Gasteiger partial charge in [0, 0.05) is 0 Å². The second-order valence-corrected chi connectivity index (χ2v) is 10.9. The lowest BCUT2D eigenvalue weighted by atomic mass is 9.86. The van der Waals surface area contributed by atoms with Gasteiger partial charge in [0.1, 0.15) is 0 Å². The van der Waals surface area contributed by atoms with Crippen molar-refractivity contribution < 1.29 is 0 Å². The number of benzene rings is 8. The molecule has 0 spiro atoms. The molecule has 0 saturated heterocycles. The summed E-state index contributed by atoms with van der Waals surface area (Å²) in [6.07, 6.45) is 0. The SMILES string of the molecule is N#Cc1cccc(-c2cc(-c3ccc4ccccc4c3)cc3c2cc(-c2ccc4ccccc4c2)c2ccccc23)c1. The van der Waals surface area contributed by atoms with E-state index in [1.54, 1.807) is 0 Å². The Labute approximate surface area is 244 Å². The molecule has 0 aliphatic heterocycles. The van der Waals surface area contributed by atoms with E-state index in [0.29, 0.717) is 5.56 Å². The van der Waals surface area contributed by atoms with Crippen molar-refractivity contribution in [2.24, 2.45) is 0 Å². The van der Waals surface area contributed by atoms with Crippen molar-refractivity contribution in [2.45, 2.75) is 0 Å². The molecular formula is C41H25N. The van der Waals surface area contributed by atoms with E-state index in [4.69, 9.17) is 0 Å². The third-order valence-electron chi connectivity index (χ3n) is 8.42. The zero-order valence-corrected chi connectivity index (χ0v) is 22.9. The summed E-state index contributed by atoms with van der Waals surface area (Å²) in [5, 5.41) is 19.5. The number of hydrogen-bond donors (Lipinski definition) is 0. The minimum atomic E-state index is 0.660. The summed E-state index contributed by atoms with van der Waals surface area (Å²) < 4.78 is 0. The second-order valence-electron chi connectivity index (χ2n) is 10.9. The average molecular weight is 532 g/mol. The minimum absolute atomic E-state index is 0.660. The largest absolute Gasteiger partial charge is 0.192 e. The molecule has 0 fully saturated rings. The van der Waals surface area contributed by atoms with Gasteiger partial charge in [-0.15, -0.1) is 0 Å². The highest BCUT2D eigenvalue weighted by Gasteiger charge is 2.15. The molecule has 1 heteroatoms. The standard InChI is InChI=1S/C41H25N/c42-26-27-8-7-13-33(20-27)38-23-35(32-18-16-28-9-1-3-11-30(28)21-32)24-40-37-15-6-5-14-36(37)39(25-41(38)40)34-19-17-29-10-2-4-12-31(29)22-34/h1-25H. The van der Waals surface area contributed by atoms with E-state index in [-0.39, 0.29) is 0 Å². The van der Waals surface area contributed by atoms with Crippen LogP contribution in [0.15, 0.2) is 152 Å². The van der Waals surface area contributed by atoms with Crippen LogP contribution in [0, 0.1) is 11.3 Å². The van der Waals surface area contributed by atoms with Crippen molar-refractivity contribution in [1.29, 1.82) is 5.26 Å². The predicted octanol–water partition coefficient (Wildman–Crippen LogP) is 11.2. The van der Waals surface area contributed by atoms with Gasteiger partial charge in [0.15, 0.2) is 0 Å². The first-order valence-electron chi connectivity index (χ1n) is 14.2. The van der Waals surface area contributed by atoms with Crippen LogP contribution in [0.5, 0.6) is 0 Å². The maximum atomic E-state index is 9.73. The predicted molar refractivity (Wildman–Crippen MR) is 177 cm³/mol. The molecule has 0 bridgehead atoms. The summed E-state index contributed by atoms with van der Waals surface area (Å²) in [5.74, 6) is 0. The van der Waals surface area contributed by atoms with E-state index in [9.17, 15) is 5.26 Å². The molecule has 8 rings (SSSR count). The van der Waals surface area contributed by atoms with Crippen LogP contribution in [0.2, 0.25) is 0 Å². The van der Waals surface area contributed by atoms with Crippen molar-refractivity contribution in [3.63, 3.8) is 0 Å². The zero-order valence-electron chi connectivity index (χ0n) is 22.9. The molecule has 0 heterocycles. The zero-order chi connectivity index (χ0) is 28.0. The number of nitriles is 1. The number of hydrogen-bond acceptors (Lipinski definition) is 1. The van der Waals surface area contributed by atoms with Crippen LogP contribution in [0.25, 0.3) is 76.5 Å². The summed E-state index contributed by atoms with van der Waals surface area (Å²) in [6, 6.07) is 56.5. The molecule has 0 amide bonds. The van der Waals surface area contributed by atoms with Crippen molar-refractivity contribution in [3.05, 3.63) is 157 Å². The average Bonchev–Trinajstić information content (AvgIpc) is 3.07. The molecule has 0 aromatic heterocycles. The van der Waals surface area contributed by atoms with Crippen molar-refractivity contribution in [1.82, 2.24) is 0 Å². The lowest BCUT2D eigenvalue weighted by Crippen LogP contribution is -1.90. The van der Waals surface area contributed by atoms with Gasteiger partial charge in [-0.1, -0.05) is 109 Å². The summed E-state index contributed by atoms with van der Waals surface area (Å²) in [7, 11) is 0. The first kappa shape index (κ1) is 24.1. The number of fused-ring (bicyclic) bond motifs is 5. The Bertz CT molecular complexity index is 2370. The highest BCUT2D eigenvalue weighted by atomic mass is 14.2. The molecule has 0 radical (unpaired) electrons. The Morgan fingerprint density at radius 3 is 1.67 bits per heavy atom. The summed E-state index contributed by atoms with van der Waals surface area (Å²) in [4.78, 5) is 0. The van der Waals surface area contributed by atoms with Gasteiger partial charge in [0.2, 0.25) is 0 Å². The third-order valence-corrected chi connectivity index (χ3v) is 8.42. The molecule has 42 heavy (non-hydrogen) atoms. The fraction of sp³-hybridized carbons (Fsp3) is 0. The minimum Gasteiger partial charge on any atom is -0.192 e. The number of nitrogens with zero attached hydrogens (tertiary/aromatic N) is 1. The Hall–Kier alpha value is -5.71. The highest BCUT2D eigenvalue weighted by Crippen LogP contribution is 2.42. The van der Waals surface area contributed by atoms with Crippen LogP contribution < -0.4 is 0 Å². The Morgan fingerprint density at radius 2 is 0.929 bits per heavy atom. The molecular weight excluding hydrogens is 506 g/mol. The third kappa shape index (κ3) is 4.01. The van der Waals surface area contributed by atoms with E-state index in [0.717, 1.165) is 16.7 Å². The molecule has 0 atom stereocenters. The lowest BCUT2D eigenvalue weighted by molar-refractivity contribution is 1.48. The molecule has 0 saturated carbocycles. The Morgan fingerprint density at radius 1 is 0.333 bits per heavy atom. The maximum absolute atomic E-state index is 9.73. The topological polar surface area (TPSA) is 23.8 Å². The first-order valence-corrected chi connectivity index (χ1v) is 14.2. The molecule has 8 aromatic rings. The number of rotatable bonds is 3. The fourth-order valence-electron chi connectivity index (χ4n) is 6.33. The van der Waals surface area contributed by atoms with Gasteiger partial charge in [-0.25, -0.2) is 0 Å². The van der Waals surface area contributed by atoms with Crippen LogP contribution in [0.1, 0.15) is 5.56 Å². The quantitative estimate of drug-likeness (QED) is 0.208. The monoisotopic (exact) mass is 531 g/mol. The Kier molecular flexibility index (Phi) is 5.59. The van der Waals surface area contributed by atoms with Gasteiger partial charge >= 0.3 is 0 Å². The summed E-state index contributed by atoms with van der Waals surface area (Å²) in [5.41, 5.74) is 7.57. The van der Waals surface area contributed by atoms with Gasteiger partial charge in [-0.3, -0.25) is 0 Å². The molecule has 0 unspecified atom stereocenters. The molecule has 0 aliphatic rings. The lowest BCUT2D eigenvalue weighted by Gasteiger charge is -2.17. The van der Waals surface area contributed by atoms with Crippen LogP contribution in [0.3, 0.4) is 0 Å². The van der Waals surface area contributed by atoms with Gasteiger partial charge in [-0.05, 0) is 119 Å². The maximum Gasteiger partial charge on any atom is 0.0991 e. The van der Waals surface area contributed by atoms with Crippen LogP contribution >= 0.6 is 0 Å². The van der Waals surface area contributed by atoms with E-state index in [1.807, 2.05) is 18.2 Å². The normalized spacial score (nSPS) is 11.3. The van der Waals surface area contributed by atoms with E-state index >= 15 is 0 Å². The van der Waals surface area contributed by atoms with Crippen molar-refractivity contribution >= 4 is 43.1 Å². The Balaban J connectivity index is 1.47. The summed E-state index contributed by atoms with van der Waals surface area (Å²) in [6.45, 7) is 0. The van der Waals surface area contributed by atoms with Gasteiger partial charge < -0.3 is 0 Å². The summed E-state index contributed by atoms with van der Waals surface area (Å²) >= 11 is 0. The first-order chi connectivity index (χ1) is 20.7.